The Morgan fingerprint density at radius 2 is 1.94 bits per heavy atom. The van der Waals surface area contributed by atoms with E-state index in [2.05, 4.69) is 49.3 Å². The van der Waals surface area contributed by atoms with Crippen molar-refractivity contribution in [3.05, 3.63) is 34.9 Å². The third kappa shape index (κ3) is 3.82. The maximum Gasteiger partial charge on any atom is 0.0234 e. The zero-order valence-corrected chi connectivity index (χ0v) is 12.0. The second kappa shape index (κ2) is 6.35. The maximum absolute atomic E-state index is 3.31. The first-order valence-electron chi connectivity index (χ1n) is 7.11. The highest BCUT2D eigenvalue weighted by Gasteiger charge is 2.19. The van der Waals surface area contributed by atoms with Gasteiger partial charge in [-0.1, -0.05) is 29.3 Å². The molecule has 1 saturated heterocycles. The number of hydrogen-bond acceptors (Lipinski definition) is 2. The molecule has 18 heavy (non-hydrogen) atoms. The van der Waals surface area contributed by atoms with Crippen LogP contribution < -0.4 is 5.32 Å². The van der Waals surface area contributed by atoms with Gasteiger partial charge in [-0.3, -0.25) is 4.90 Å². The Kier molecular flexibility index (Phi) is 4.79. The van der Waals surface area contributed by atoms with Crippen molar-refractivity contribution < 1.29 is 0 Å². The molecule has 1 atom stereocenters. The highest BCUT2D eigenvalue weighted by Crippen LogP contribution is 2.19. The summed E-state index contributed by atoms with van der Waals surface area (Å²) in [7, 11) is 2.06. The predicted molar refractivity (Wildman–Crippen MR) is 77.8 cm³/mol. The first-order chi connectivity index (χ1) is 8.67. The summed E-state index contributed by atoms with van der Waals surface area (Å²) in [5.74, 6) is 0.828. The van der Waals surface area contributed by atoms with Crippen molar-refractivity contribution in [1.29, 1.82) is 0 Å². The summed E-state index contributed by atoms with van der Waals surface area (Å²) >= 11 is 0. The molecule has 2 nitrogen and oxygen atoms in total. The lowest BCUT2D eigenvalue weighted by Gasteiger charge is -2.32. The molecule has 1 unspecified atom stereocenters. The zero-order valence-electron chi connectivity index (χ0n) is 12.0. The van der Waals surface area contributed by atoms with Crippen LogP contribution in [0.15, 0.2) is 18.2 Å². The van der Waals surface area contributed by atoms with Crippen molar-refractivity contribution in [2.75, 3.05) is 26.7 Å². The van der Waals surface area contributed by atoms with E-state index in [1.54, 1.807) is 0 Å². The minimum absolute atomic E-state index is 0.828. The highest BCUT2D eigenvalue weighted by atomic mass is 15.1. The van der Waals surface area contributed by atoms with E-state index >= 15 is 0 Å². The van der Waals surface area contributed by atoms with E-state index in [0.29, 0.717) is 0 Å². The number of hydrogen-bond donors (Lipinski definition) is 1. The van der Waals surface area contributed by atoms with Gasteiger partial charge in [0.25, 0.3) is 0 Å². The molecule has 1 aromatic rings. The van der Waals surface area contributed by atoms with Gasteiger partial charge in [0.1, 0.15) is 0 Å². The van der Waals surface area contributed by atoms with Gasteiger partial charge >= 0.3 is 0 Å². The van der Waals surface area contributed by atoms with E-state index in [1.807, 2.05) is 0 Å². The smallest absolute Gasteiger partial charge is 0.0234 e. The van der Waals surface area contributed by atoms with Gasteiger partial charge in [0.15, 0.2) is 0 Å². The van der Waals surface area contributed by atoms with Crippen LogP contribution in [0.25, 0.3) is 0 Å². The van der Waals surface area contributed by atoms with E-state index in [4.69, 9.17) is 0 Å². The summed E-state index contributed by atoms with van der Waals surface area (Å²) in [5.41, 5.74) is 4.24. The van der Waals surface area contributed by atoms with Gasteiger partial charge in [-0.25, -0.2) is 0 Å². The van der Waals surface area contributed by atoms with Crippen LogP contribution in [0.5, 0.6) is 0 Å². The van der Waals surface area contributed by atoms with Crippen LogP contribution in [0.1, 0.15) is 29.5 Å². The van der Waals surface area contributed by atoms with Crippen LogP contribution in [0.4, 0.5) is 0 Å². The average molecular weight is 246 g/mol. The summed E-state index contributed by atoms with van der Waals surface area (Å²) < 4.78 is 0. The first kappa shape index (κ1) is 13.6. The number of rotatable bonds is 4. The fraction of sp³-hybridized carbons (Fsp3) is 0.625. The Labute approximate surface area is 111 Å². The fourth-order valence-corrected chi connectivity index (χ4v) is 3.17. The van der Waals surface area contributed by atoms with Gasteiger partial charge < -0.3 is 5.32 Å². The molecule has 0 saturated carbocycles. The predicted octanol–water partition coefficient (Wildman–Crippen LogP) is 2.73. The number of nitrogens with zero attached hydrogens (tertiary/aromatic N) is 1. The van der Waals surface area contributed by atoms with E-state index < -0.39 is 0 Å². The van der Waals surface area contributed by atoms with E-state index in [9.17, 15) is 0 Å². The van der Waals surface area contributed by atoms with Crippen molar-refractivity contribution in [3.63, 3.8) is 0 Å². The highest BCUT2D eigenvalue weighted by molar-refractivity contribution is 5.28. The maximum atomic E-state index is 3.31. The van der Waals surface area contributed by atoms with Gasteiger partial charge in [-0.2, -0.15) is 0 Å². The molecule has 0 spiro atoms. The molecule has 0 amide bonds. The van der Waals surface area contributed by atoms with Crippen molar-refractivity contribution in [1.82, 2.24) is 10.2 Å². The number of aryl methyl sites for hydroxylation is 2. The number of benzene rings is 1. The van der Waals surface area contributed by atoms with Gasteiger partial charge in [0.05, 0.1) is 0 Å². The van der Waals surface area contributed by atoms with Crippen molar-refractivity contribution in [3.8, 4) is 0 Å². The van der Waals surface area contributed by atoms with Crippen molar-refractivity contribution in [2.24, 2.45) is 5.92 Å². The van der Waals surface area contributed by atoms with Crippen LogP contribution >= 0.6 is 0 Å². The Morgan fingerprint density at radius 1 is 1.22 bits per heavy atom. The molecule has 0 bridgehead atoms. The second-order valence-corrected chi connectivity index (χ2v) is 5.80. The normalized spacial score (nSPS) is 21.2. The van der Waals surface area contributed by atoms with E-state index in [0.717, 1.165) is 19.0 Å². The number of piperidine rings is 1. The molecule has 1 aliphatic rings. The monoisotopic (exact) mass is 246 g/mol. The fourth-order valence-electron chi connectivity index (χ4n) is 3.17. The Bertz CT molecular complexity index is 364. The molecule has 2 rings (SSSR count). The largest absolute Gasteiger partial charge is 0.319 e. The lowest BCUT2D eigenvalue weighted by atomic mass is 9.97. The first-order valence-corrected chi connectivity index (χ1v) is 7.11. The average Bonchev–Trinajstić information content (AvgIpc) is 2.28. The molecule has 1 aliphatic heterocycles. The SMILES string of the molecule is CNCC1CCCN(Cc2cc(C)cc(C)c2)C1. The molecule has 2 heteroatoms. The molecule has 0 radical (unpaired) electrons. The molecule has 1 N–H and O–H groups in total. The third-order valence-corrected chi connectivity index (χ3v) is 3.78. The lowest BCUT2D eigenvalue weighted by molar-refractivity contribution is 0.167. The third-order valence-electron chi connectivity index (χ3n) is 3.78. The Balaban J connectivity index is 1.95. The van der Waals surface area contributed by atoms with Gasteiger partial charge in [0, 0.05) is 13.1 Å². The van der Waals surface area contributed by atoms with E-state index in [-0.39, 0.29) is 0 Å². The number of likely N-dealkylation sites (tertiary alicyclic amines) is 1. The molecular weight excluding hydrogens is 220 g/mol. The van der Waals surface area contributed by atoms with Gasteiger partial charge in [-0.15, -0.1) is 0 Å². The molecule has 1 aromatic carbocycles. The second-order valence-electron chi connectivity index (χ2n) is 5.80. The van der Waals surface area contributed by atoms with Crippen LogP contribution in [-0.4, -0.2) is 31.6 Å². The minimum Gasteiger partial charge on any atom is -0.319 e. The Morgan fingerprint density at radius 3 is 2.61 bits per heavy atom. The molecule has 100 valence electrons. The van der Waals surface area contributed by atoms with Crippen LogP contribution in [-0.2, 0) is 6.54 Å². The van der Waals surface area contributed by atoms with Crippen LogP contribution in [0, 0.1) is 19.8 Å². The quantitative estimate of drug-likeness (QED) is 0.879. The lowest BCUT2D eigenvalue weighted by Crippen LogP contribution is -2.38. The Hall–Kier alpha value is -0.860. The molecular formula is C16H26N2. The topological polar surface area (TPSA) is 15.3 Å². The van der Waals surface area contributed by atoms with E-state index in [1.165, 1.54) is 42.6 Å². The summed E-state index contributed by atoms with van der Waals surface area (Å²) in [4.78, 5) is 2.61. The van der Waals surface area contributed by atoms with Crippen molar-refractivity contribution in [2.45, 2.75) is 33.2 Å². The molecule has 1 fully saturated rings. The van der Waals surface area contributed by atoms with Gasteiger partial charge in [-0.05, 0) is 58.3 Å². The molecule has 0 aliphatic carbocycles. The summed E-state index contributed by atoms with van der Waals surface area (Å²) in [6.45, 7) is 9.15. The summed E-state index contributed by atoms with van der Waals surface area (Å²) in [5, 5.41) is 3.31. The van der Waals surface area contributed by atoms with Crippen LogP contribution in [0.3, 0.4) is 0 Å². The summed E-state index contributed by atoms with van der Waals surface area (Å²) in [6.07, 6.45) is 2.72. The van der Waals surface area contributed by atoms with Gasteiger partial charge in [0.2, 0.25) is 0 Å². The molecule has 0 aromatic heterocycles. The minimum atomic E-state index is 0.828. The molecule has 1 heterocycles. The standard InChI is InChI=1S/C16H26N2/c1-13-7-14(2)9-16(8-13)12-18-6-4-5-15(11-18)10-17-3/h7-9,15,17H,4-6,10-12H2,1-3H3. The number of nitrogens with one attached hydrogen (secondary N) is 1. The summed E-state index contributed by atoms with van der Waals surface area (Å²) in [6, 6.07) is 6.91. The van der Waals surface area contributed by atoms with Crippen LogP contribution in [0.2, 0.25) is 0 Å². The zero-order chi connectivity index (χ0) is 13.0. The van der Waals surface area contributed by atoms with Crippen molar-refractivity contribution >= 4 is 0 Å².